The van der Waals surface area contributed by atoms with Crippen LogP contribution in [0.3, 0.4) is 0 Å². The van der Waals surface area contributed by atoms with E-state index in [1.54, 1.807) is 0 Å². The summed E-state index contributed by atoms with van der Waals surface area (Å²) >= 11 is 1.82. The minimum absolute atomic E-state index is 0.0401. The highest BCUT2D eigenvalue weighted by molar-refractivity contribution is 7.10. The molecule has 1 aromatic heterocycles. The van der Waals surface area contributed by atoms with Crippen molar-refractivity contribution in [3.8, 4) is 0 Å². The number of carbonyl (C=O) groups is 1. The molecule has 24 heavy (non-hydrogen) atoms. The van der Waals surface area contributed by atoms with Crippen molar-refractivity contribution in [3.63, 3.8) is 0 Å². The molecule has 0 atom stereocenters. The van der Waals surface area contributed by atoms with Crippen molar-refractivity contribution in [2.24, 2.45) is 0 Å². The van der Waals surface area contributed by atoms with E-state index in [0.717, 1.165) is 12.1 Å². The quantitative estimate of drug-likeness (QED) is 0.804. The highest BCUT2D eigenvalue weighted by Gasteiger charge is 2.36. The topological polar surface area (TPSA) is 29.1 Å². The van der Waals surface area contributed by atoms with Gasteiger partial charge < -0.3 is 5.32 Å². The van der Waals surface area contributed by atoms with Crippen molar-refractivity contribution >= 4 is 17.2 Å². The number of hydrogen-bond donors (Lipinski definition) is 1. The molecule has 1 aliphatic rings. The van der Waals surface area contributed by atoms with Crippen LogP contribution in [0.1, 0.15) is 67.3 Å². The molecule has 3 rings (SSSR count). The first-order valence-electron chi connectivity index (χ1n) is 8.83. The molecular weight excluding hydrogens is 314 g/mol. The zero-order valence-corrected chi connectivity index (χ0v) is 15.7. The van der Waals surface area contributed by atoms with Crippen LogP contribution in [0.25, 0.3) is 0 Å². The molecule has 1 fully saturated rings. The Labute approximate surface area is 149 Å². The van der Waals surface area contributed by atoms with Crippen LogP contribution in [0.2, 0.25) is 0 Å². The smallest absolute Gasteiger partial charge is 0.251 e. The Bertz CT molecular complexity index is 674. The summed E-state index contributed by atoms with van der Waals surface area (Å²) in [4.78, 5) is 14.0. The SMILES string of the molecule is CC(C)(C)c1ccc(C(=O)NCC2(c3cccs3)CCCC2)cc1. The maximum Gasteiger partial charge on any atom is 0.251 e. The van der Waals surface area contributed by atoms with E-state index in [2.05, 4.69) is 55.7 Å². The Hall–Kier alpha value is -1.61. The lowest BCUT2D eigenvalue weighted by Crippen LogP contribution is -2.38. The molecule has 1 saturated carbocycles. The fourth-order valence-electron chi connectivity index (χ4n) is 3.62. The van der Waals surface area contributed by atoms with E-state index >= 15 is 0 Å². The molecule has 0 bridgehead atoms. The largest absolute Gasteiger partial charge is 0.351 e. The van der Waals surface area contributed by atoms with E-state index < -0.39 is 0 Å². The van der Waals surface area contributed by atoms with Gasteiger partial charge in [-0.25, -0.2) is 0 Å². The summed E-state index contributed by atoms with van der Waals surface area (Å²) in [6.07, 6.45) is 4.87. The van der Waals surface area contributed by atoms with Crippen LogP contribution in [0.5, 0.6) is 0 Å². The average molecular weight is 342 g/mol. The number of rotatable bonds is 4. The Kier molecular flexibility index (Phi) is 4.82. The molecule has 0 unspecified atom stereocenters. The average Bonchev–Trinajstić information content (AvgIpc) is 3.24. The highest BCUT2D eigenvalue weighted by Crippen LogP contribution is 2.42. The molecule has 0 radical (unpaired) electrons. The second kappa shape index (κ2) is 6.72. The van der Waals surface area contributed by atoms with E-state index in [1.165, 1.54) is 36.1 Å². The van der Waals surface area contributed by atoms with Crippen molar-refractivity contribution in [1.82, 2.24) is 5.32 Å². The minimum atomic E-state index is 0.0401. The molecule has 1 amide bonds. The minimum Gasteiger partial charge on any atom is -0.351 e. The molecule has 2 aromatic rings. The Morgan fingerprint density at radius 3 is 2.33 bits per heavy atom. The maximum absolute atomic E-state index is 12.6. The first kappa shape index (κ1) is 17.2. The van der Waals surface area contributed by atoms with Gasteiger partial charge in [0.05, 0.1) is 0 Å². The summed E-state index contributed by atoms with van der Waals surface area (Å²) in [5.41, 5.74) is 2.27. The van der Waals surface area contributed by atoms with Gasteiger partial charge in [-0.1, -0.05) is 51.8 Å². The number of carbonyl (C=O) groups excluding carboxylic acids is 1. The van der Waals surface area contributed by atoms with E-state index in [1.807, 2.05) is 23.5 Å². The van der Waals surface area contributed by atoms with Crippen LogP contribution in [0, 0.1) is 0 Å². The fourth-order valence-corrected chi connectivity index (χ4v) is 4.60. The highest BCUT2D eigenvalue weighted by atomic mass is 32.1. The lowest BCUT2D eigenvalue weighted by atomic mass is 9.84. The molecule has 1 heterocycles. The molecule has 128 valence electrons. The zero-order chi connectivity index (χ0) is 17.2. The molecule has 1 N–H and O–H groups in total. The van der Waals surface area contributed by atoms with Gasteiger partial charge in [0, 0.05) is 22.4 Å². The number of amides is 1. The van der Waals surface area contributed by atoms with Crippen molar-refractivity contribution < 1.29 is 4.79 Å². The standard InChI is InChI=1S/C21H27NOS/c1-20(2,3)17-10-8-16(9-11-17)19(23)22-15-21(12-4-5-13-21)18-7-6-14-24-18/h6-11,14H,4-5,12-13,15H2,1-3H3,(H,22,23). The van der Waals surface area contributed by atoms with Crippen molar-refractivity contribution in [3.05, 3.63) is 57.8 Å². The number of thiophene rings is 1. The van der Waals surface area contributed by atoms with E-state index in [9.17, 15) is 4.79 Å². The molecule has 0 spiro atoms. The van der Waals surface area contributed by atoms with Gasteiger partial charge in [-0.2, -0.15) is 0 Å². The lowest BCUT2D eigenvalue weighted by Gasteiger charge is -2.28. The van der Waals surface area contributed by atoms with Crippen LogP contribution < -0.4 is 5.32 Å². The second-order valence-electron chi connectivity index (χ2n) is 7.97. The van der Waals surface area contributed by atoms with Gasteiger partial charge in [-0.3, -0.25) is 4.79 Å². The van der Waals surface area contributed by atoms with Gasteiger partial charge in [0.1, 0.15) is 0 Å². The molecule has 1 aromatic carbocycles. The van der Waals surface area contributed by atoms with E-state index in [-0.39, 0.29) is 16.7 Å². The Morgan fingerprint density at radius 2 is 1.79 bits per heavy atom. The number of hydrogen-bond acceptors (Lipinski definition) is 2. The Balaban J connectivity index is 1.68. The molecular formula is C21H27NOS. The van der Waals surface area contributed by atoms with Crippen molar-refractivity contribution in [2.45, 2.75) is 57.3 Å². The van der Waals surface area contributed by atoms with Crippen molar-refractivity contribution in [2.75, 3.05) is 6.54 Å². The number of benzene rings is 1. The van der Waals surface area contributed by atoms with Crippen LogP contribution >= 0.6 is 11.3 Å². The van der Waals surface area contributed by atoms with Gasteiger partial charge in [0.25, 0.3) is 5.91 Å². The molecule has 0 saturated heterocycles. The van der Waals surface area contributed by atoms with Gasteiger partial charge in [0.15, 0.2) is 0 Å². The predicted molar refractivity (Wildman–Crippen MR) is 102 cm³/mol. The third-order valence-electron chi connectivity index (χ3n) is 5.20. The number of nitrogens with one attached hydrogen (secondary N) is 1. The van der Waals surface area contributed by atoms with E-state index in [0.29, 0.717) is 0 Å². The summed E-state index contributed by atoms with van der Waals surface area (Å²) in [5.74, 6) is 0.0401. The van der Waals surface area contributed by atoms with Crippen LogP contribution in [0.15, 0.2) is 41.8 Å². The lowest BCUT2D eigenvalue weighted by molar-refractivity contribution is 0.0943. The second-order valence-corrected chi connectivity index (χ2v) is 8.92. The fraction of sp³-hybridized carbons (Fsp3) is 0.476. The zero-order valence-electron chi connectivity index (χ0n) is 14.9. The summed E-state index contributed by atoms with van der Waals surface area (Å²) < 4.78 is 0. The van der Waals surface area contributed by atoms with Crippen molar-refractivity contribution in [1.29, 1.82) is 0 Å². The van der Waals surface area contributed by atoms with Gasteiger partial charge in [0.2, 0.25) is 0 Å². The van der Waals surface area contributed by atoms with E-state index in [4.69, 9.17) is 0 Å². The third-order valence-corrected chi connectivity index (χ3v) is 6.32. The molecule has 0 aliphatic heterocycles. The normalized spacial score (nSPS) is 17.0. The van der Waals surface area contributed by atoms with Crippen LogP contribution in [-0.2, 0) is 10.8 Å². The Morgan fingerprint density at radius 1 is 1.12 bits per heavy atom. The van der Waals surface area contributed by atoms with Gasteiger partial charge in [-0.15, -0.1) is 11.3 Å². The first-order chi connectivity index (χ1) is 11.4. The maximum atomic E-state index is 12.6. The molecule has 1 aliphatic carbocycles. The predicted octanol–water partition coefficient (Wildman–Crippen LogP) is 5.29. The summed E-state index contributed by atoms with van der Waals surface area (Å²) in [6, 6.07) is 12.4. The van der Waals surface area contributed by atoms with Gasteiger partial charge >= 0.3 is 0 Å². The first-order valence-corrected chi connectivity index (χ1v) is 9.71. The van der Waals surface area contributed by atoms with Crippen LogP contribution in [-0.4, -0.2) is 12.5 Å². The van der Waals surface area contributed by atoms with Gasteiger partial charge in [-0.05, 0) is 47.4 Å². The monoisotopic (exact) mass is 341 g/mol. The molecule has 3 heteroatoms. The molecule has 2 nitrogen and oxygen atoms in total. The summed E-state index contributed by atoms with van der Waals surface area (Å²) in [6.45, 7) is 7.31. The summed E-state index contributed by atoms with van der Waals surface area (Å²) in [7, 11) is 0. The third kappa shape index (κ3) is 3.56. The van der Waals surface area contributed by atoms with Crippen LogP contribution in [0.4, 0.5) is 0 Å². The summed E-state index contributed by atoms with van der Waals surface area (Å²) in [5, 5.41) is 5.34.